The van der Waals surface area contributed by atoms with E-state index in [4.69, 9.17) is 0 Å². The van der Waals surface area contributed by atoms with Crippen molar-refractivity contribution < 1.29 is 9.59 Å². The lowest BCUT2D eigenvalue weighted by atomic mass is 10.1. The fourth-order valence-electron chi connectivity index (χ4n) is 3.97. The number of hydrogen-bond acceptors (Lipinski definition) is 4. The molecule has 6 heteroatoms. The van der Waals surface area contributed by atoms with Crippen LogP contribution in [0.25, 0.3) is 0 Å². The first-order valence-electron chi connectivity index (χ1n) is 8.52. The Morgan fingerprint density at radius 3 is 2.68 bits per heavy atom. The molecule has 0 radical (unpaired) electrons. The number of nitrogens with zero attached hydrogens (tertiary/aromatic N) is 2. The first-order valence-corrected chi connectivity index (χ1v) is 9.67. The number of rotatable bonds is 4. The Bertz CT molecular complexity index is 426. The van der Waals surface area contributed by atoms with Gasteiger partial charge in [0.25, 0.3) is 0 Å². The summed E-state index contributed by atoms with van der Waals surface area (Å²) < 4.78 is 0. The molecule has 0 spiro atoms. The Hall–Kier alpha value is -0.750. The number of nitrogens with one attached hydrogen (secondary N) is 1. The average molecular weight is 325 g/mol. The van der Waals surface area contributed by atoms with Crippen molar-refractivity contribution in [3.8, 4) is 0 Å². The lowest BCUT2D eigenvalue weighted by Crippen LogP contribution is -2.49. The smallest absolute Gasteiger partial charge is 0.246 e. The Morgan fingerprint density at radius 2 is 1.95 bits per heavy atom. The van der Waals surface area contributed by atoms with E-state index in [-0.39, 0.29) is 23.8 Å². The van der Waals surface area contributed by atoms with Crippen LogP contribution < -0.4 is 5.32 Å². The maximum absolute atomic E-state index is 12.8. The standard InChI is InChI=1S/C16H27N3O2S/c1-17-8-12-6-7-18(9-12)16(21)14-10-22-11-19(14)15(20)13-4-2-3-5-13/h12-14,17H,2-11H2,1H3. The molecule has 0 aromatic rings. The zero-order valence-electron chi connectivity index (χ0n) is 13.4. The highest BCUT2D eigenvalue weighted by Crippen LogP contribution is 2.32. The summed E-state index contributed by atoms with van der Waals surface area (Å²) in [4.78, 5) is 29.4. The maximum atomic E-state index is 12.8. The molecule has 3 fully saturated rings. The molecule has 0 bridgehead atoms. The highest BCUT2D eigenvalue weighted by atomic mass is 32.2. The quantitative estimate of drug-likeness (QED) is 0.842. The molecule has 22 heavy (non-hydrogen) atoms. The first-order chi connectivity index (χ1) is 10.7. The summed E-state index contributed by atoms with van der Waals surface area (Å²) in [7, 11) is 1.96. The molecule has 1 saturated carbocycles. The lowest BCUT2D eigenvalue weighted by molar-refractivity contribution is -0.145. The minimum absolute atomic E-state index is 0.171. The number of hydrogen-bond donors (Lipinski definition) is 1. The van der Waals surface area contributed by atoms with Gasteiger partial charge >= 0.3 is 0 Å². The number of amides is 2. The van der Waals surface area contributed by atoms with Crippen LogP contribution >= 0.6 is 11.8 Å². The van der Waals surface area contributed by atoms with E-state index in [9.17, 15) is 9.59 Å². The van der Waals surface area contributed by atoms with Crippen LogP contribution in [0.2, 0.25) is 0 Å². The molecule has 5 nitrogen and oxygen atoms in total. The van der Waals surface area contributed by atoms with Gasteiger partial charge in [0.2, 0.25) is 11.8 Å². The van der Waals surface area contributed by atoms with Crippen molar-refractivity contribution in [2.24, 2.45) is 11.8 Å². The fourth-order valence-corrected chi connectivity index (χ4v) is 5.13. The van der Waals surface area contributed by atoms with Crippen molar-refractivity contribution in [1.82, 2.24) is 15.1 Å². The van der Waals surface area contributed by atoms with Gasteiger partial charge in [-0.05, 0) is 38.8 Å². The van der Waals surface area contributed by atoms with Gasteiger partial charge in [-0.3, -0.25) is 9.59 Å². The highest BCUT2D eigenvalue weighted by molar-refractivity contribution is 7.99. The maximum Gasteiger partial charge on any atom is 0.246 e. The molecule has 2 unspecified atom stereocenters. The van der Waals surface area contributed by atoms with Crippen LogP contribution in [0.15, 0.2) is 0 Å². The van der Waals surface area contributed by atoms with E-state index < -0.39 is 0 Å². The summed E-state index contributed by atoms with van der Waals surface area (Å²) in [6.45, 7) is 2.65. The topological polar surface area (TPSA) is 52.7 Å². The molecule has 1 N–H and O–H groups in total. The zero-order chi connectivity index (χ0) is 15.5. The van der Waals surface area contributed by atoms with Gasteiger partial charge in [-0.2, -0.15) is 0 Å². The van der Waals surface area contributed by atoms with E-state index in [1.54, 1.807) is 11.8 Å². The first kappa shape index (κ1) is 16.1. The molecule has 2 amide bonds. The Balaban J connectivity index is 1.60. The third kappa shape index (κ3) is 3.27. The summed E-state index contributed by atoms with van der Waals surface area (Å²) in [6, 6.07) is -0.216. The third-order valence-corrected chi connectivity index (χ3v) is 6.26. The van der Waals surface area contributed by atoms with E-state index in [0.717, 1.165) is 57.5 Å². The normalized spacial score (nSPS) is 29.5. The molecular weight excluding hydrogens is 298 g/mol. The molecule has 3 rings (SSSR count). The fraction of sp³-hybridized carbons (Fsp3) is 0.875. The molecule has 1 aliphatic carbocycles. The molecule has 2 heterocycles. The van der Waals surface area contributed by atoms with Gasteiger partial charge in [0.05, 0.1) is 5.88 Å². The van der Waals surface area contributed by atoms with Crippen molar-refractivity contribution in [2.45, 2.75) is 38.1 Å². The van der Waals surface area contributed by atoms with Gasteiger partial charge in [0, 0.05) is 24.8 Å². The average Bonchev–Trinajstić information content (AvgIpc) is 3.26. The molecule has 0 aromatic heterocycles. The SMILES string of the molecule is CNCC1CCN(C(=O)C2CSCN2C(=O)C2CCCC2)C1. The van der Waals surface area contributed by atoms with E-state index in [0.29, 0.717) is 11.8 Å². The Labute approximate surface area is 137 Å². The summed E-state index contributed by atoms with van der Waals surface area (Å²) in [5, 5.41) is 3.20. The van der Waals surface area contributed by atoms with Gasteiger partial charge in [-0.25, -0.2) is 0 Å². The van der Waals surface area contributed by atoms with Gasteiger partial charge in [-0.1, -0.05) is 12.8 Å². The molecule has 2 saturated heterocycles. The van der Waals surface area contributed by atoms with Crippen LogP contribution in [0.1, 0.15) is 32.1 Å². The van der Waals surface area contributed by atoms with Crippen molar-refractivity contribution in [3.05, 3.63) is 0 Å². The minimum Gasteiger partial charge on any atom is -0.341 e. The van der Waals surface area contributed by atoms with Crippen LogP contribution in [0.3, 0.4) is 0 Å². The summed E-state index contributed by atoms with van der Waals surface area (Å²) in [5.41, 5.74) is 0. The van der Waals surface area contributed by atoms with Crippen molar-refractivity contribution in [1.29, 1.82) is 0 Å². The van der Waals surface area contributed by atoms with Crippen LogP contribution in [-0.2, 0) is 9.59 Å². The van der Waals surface area contributed by atoms with Gasteiger partial charge in [0.1, 0.15) is 6.04 Å². The summed E-state index contributed by atoms with van der Waals surface area (Å²) >= 11 is 1.72. The Kier molecular flexibility index (Phi) is 5.29. The third-order valence-electron chi connectivity index (χ3n) is 5.25. The molecular formula is C16H27N3O2S. The second kappa shape index (κ2) is 7.21. The zero-order valence-corrected chi connectivity index (χ0v) is 14.2. The van der Waals surface area contributed by atoms with E-state index in [1.165, 1.54) is 0 Å². The van der Waals surface area contributed by atoms with Gasteiger partial charge in [0.15, 0.2) is 0 Å². The Morgan fingerprint density at radius 1 is 1.18 bits per heavy atom. The van der Waals surface area contributed by atoms with Crippen LogP contribution in [0, 0.1) is 11.8 Å². The molecule has 2 atom stereocenters. The van der Waals surface area contributed by atoms with Crippen LogP contribution in [0.4, 0.5) is 0 Å². The van der Waals surface area contributed by atoms with E-state index in [2.05, 4.69) is 5.32 Å². The number of carbonyl (C=O) groups excluding carboxylic acids is 2. The summed E-state index contributed by atoms with van der Waals surface area (Å²) in [5.74, 6) is 2.60. The number of likely N-dealkylation sites (tertiary alicyclic amines) is 1. The largest absolute Gasteiger partial charge is 0.341 e. The predicted molar refractivity (Wildman–Crippen MR) is 88.5 cm³/mol. The second-order valence-electron chi connectivity index (χ2n) is 6.80. The second-order valence-corrected chi connectivity index (χ2v) is 7.80. The van der Waals surface area contributed by atoms with Crippen molar-refractivity contribution >= 4 is 23.6 Å². The molecule has 0 aromatic carbocycles. The minimum atomic E-state index is -0.216. The van der Waals surface area contributed by atoms with E-state index in [1.807, 2.05) is 16.8 Å². The van der Waals surface area contributed by atoms with Gasteiger partial charge < -0.3 is 15.1 Å². The van der Waals surface area contributed by atoms with Crippen molar-refractivity contribution in [2.75, 3.05) is 38.3 Å². The highest BCUT2D eigenvalue weighted by Gasteiger charge is 2.41. The van der Waals surface area contributed by atoms with E-state index >= 15 is 0 Å². The predicted octanol–water partition coefficient (Wildman–Crippen LogP) is 1.15. The lowest BCUT2D eigenvalue weighted by Gasteiger charge is -2.29. The van der Waals surface area contributed by atoms with Crippen molar-refractivity contribution in [3.63, 3.8) is 0 Å². The molecule has 2 aliphatic heterocycles. The number of carbonyl (C=O) groups is 2. The number of thioether (sulfide) groups is 1. The summed E-state index contributed by atoms with van der Waals surface area (Å²) in [6.07, 6.45) is 5.41. The van der Waals surface area contributed by atoms with Gasteiger partial charge in [-0.15, -0.1) is 11.8 Å². The van der Waals surface area contributed by atoms with Crippen LogP contribution in [0.5, 0.6) is 0 Å². The van der Waals surface area contributed by atoms with Crippen LogP contribution in [-0.4, -0.2) is 66.0 Å². The molecule has 124 valence electrons. The monoisotopic (exact) mass is 325 g/mol. The molecule has 3 aliphatic rings.